The number of hydrogen-bond acceptors (Lipinski definition) is 6. The SMILES string of the molecule is O=C1C[C@@H](C(F)F)c2c(ncnc2N2CCC(c3nc(C4CC4)cn3CCN3CCCC3)CC2)N1. The highest BCUT2D eigenvalue weighted by molar-refractivity contribution is 5.94. The highest BCUT2D eigenvalue weighted by Crippen LogP contribution is 2.43. The number of rotatable bonds is 7. The van der Waals surface area contributed by atoms with Crippen LogP contribution in [-0.4, -0.2) is 69.5 Å². The van der Waals surface area contributed by atoms with Crippen LogP contribution in [0.3, 0.4) is 0 Å². The number of carbonyl (C=O) groups is 1. The van der Waals surface area contributed by atoms with Gasteiger partial charge in [0.05, 0.1) is 11.6 Å². The van der Waals surface area contributed by atoms with E-state index in [0.29, 0.717) is 23.2 Å². The second-order valence-electron chi connectivity index (χ2n) is 10.5. The highest BCUT2D eigenvalue weighted by Gasteiger charge is 2.38. The molecule has 2 aromatic heterocycles. The summed E-state index contributed by atoms with van der Waals surface area (Å²) in [5, 5.41) is 2.66. The van der Waals surface area contributed by atoms with Crippen LogP contribution in [0.5, 0.6) is 0 Å². The van der Waals surface area contributed by atoms with E-state index in [1.165, 1.54) is 56.6 Å². The van der Waals surface area contributed by atoms with Gasteiger partial charge in [-0.1, -0.05) is 0 Å². The molecule has 1 N–H and O–H groups in total. The van der Waals surface area contributed by atoms with Gasteiger partial charge in [0.25, 0.3) is 0 Å². The third kappa shape index (κ3) is 4.64. The number of nitrogens with one attached hydrogen (secondary N) is 1. The lowest BCUT2D eigenvalue weighted by atomic mass is 9.91. The van der Waals surface area contributed by atoms with E-state index in [-0.39, 0.29) is 12.2 Å². The smallest absolute Gasteiger partial charge is 0.246 e. The maximum absolute atomic E-state index is 13.8. The van der Waals surface area contributed by atoms with Crippen molar-refractivity contribution >= 4 is 17.5 Å². The predicted molar refractivity (Wildman–Crippen MR) is 128 cm³/mol. The van der Waals surface area contributed by atoms with Crippen LogP contribution in [0, 0.1) is 0 Å². The monoisotopic (exact) mass is 485 g/mol. The first-order valence-corrected chi connectivity index (χ1v) is 13.0. The zero-order valence-corrected chi connectivity index (χ0v) is 20.0. The van der Waals surface area contributed by atoms with Gasteiger partial charge in [-0.15, -0.1) is 0 Å². The minimum Gasteiger partial charge on any atom is -0.356 e. The molecule has 6 rings (SSSR count). The summed E-state index contributed by atoms with van der Waals surface area (Å²) in [6, 6.07) is 0. The van der Waals surface area contributed by atoms with E-state index in [0.717, 1.165) is 39.0 Å². The fraction of sp³-hybridized carbons (Fsp3) is 0.680. The molecular formula is C25H33F2N7O. The summed E-state index contributed by atoms with van der Waals surface area (Å²) in [6.07, 6.45) is 7.64. The summed E-state index contributed by atoms with van der Waals surface area (Å²) in [7, 11) is 0. The Morgan fingerprint density at radius 3 is 2.49 bits per heavy atom. The van der Waals surface area contributed by atoms with Crippen molar-refractivity contribution in [2.75, 3.05) is 42.9 Å². The van der Waals surface area contributed by atoms with E-state index in [9.17, 15) is 13.6 Å². The van der Waals surface area contributed by atoms with Gasteiger partial charge in [-0.2, -0.15) is 0 Å². The lowest BCUT2D eigenvalue weighted by Crippen LogP contribution is -2.37. The van der Waals surface area contributed by atoms with Crippen molar-refractivity contribution in [1.82, 2.24) is 24.4 Å². The third-order valence-electron chi connectivity index (χ3n) is 8.04. The van der Waals surface area contributed by atoms with E-state index < -0.39 is 18.3 Å². The van der Waals surface area contributed by atoms with Crippen LogP contribution < -0.4 is 10.2 Å². The summed E-state index contributed by atoms with van der Waals surface area (Å²) in [5.74, 6) is 1.33. The molecule has 0 radical (unpaired) electrons. The second-order valence-corrected chi connectivity index (χ2v) is 10.5. The molecule has 1 amide bonds. The average Bonchev–Trinajstić information content (AvgIpc) is 3.41. The molecular weight excluding hydrogens is 452 g/mol. The number of aromatic nitrogens is 4. The molecule has 0 unspecified atom stereocenters. The van der Waals surface area contributed by atoms with Crippen LogP contribution >= 0.6 is 0 Å². The van der Waals surface area contributed by atoms with E-state index in [4.69, 9.17) is 4.98 Å². The van der Waals surface area contributed by atoms with Crippen LogP contribution in [0.4, 0.5) is 20.4 Å². The summed E-state index contributed by atoms with van der Waals surface area (Å²) < 4.78 is 30.1. The minimum atomic E-state index is -2.63. The molecule has 0 aromatic carbocycles. The molecule has 2 saturated heterocycles. The first kappa shape index (κ1) is 22.8. The number of amides is 1. The molecule has 0 bridgehead atoms. The molecule has 4 aliphatic rings. The average molecular weight is 486 g/mol. The fourth-order valence-electron chi connectivity index (χ4n) is 5.92. The van der Waals surface area contributed by atoms with Gasteiger partial charge in [0.2, 0.25) is 12.3 Å². The Kier molecular flexibility index (Phi) is 6.16. The van der Waals surface area contributed by atoms with E-state index >= 15 is 0 Å². The lowest BCUT2D eigenvalue weighted by Gasteiger charge is -2.36. The van der Waals surface area contributed by atoms with Gasteiger partial charge in [0.1, 0.15) is 23.8 Å². The largest absolute Gasteiger partial charge is 0.356 e. The molecule has 188 valence electrons. The molecule has 8 nitrogen and oxygen atoms in total. The maximum Gasteiger partial charge on any atom is 0.246 e. The molecule has 35 heavy (non-hydrogen) atoms. The van der Waals surface area contributed by atoms with Gasteiger partial charge < -0.3 is 19.7 Å². The Hall–Kier alpha value is -2.62. The van der Waals surface area contributed by atoms with Crippen LogP contribution in [0.15, 0.2) is 12.5 Å². The number of imidazole rings is 1. The van der Waals surface area contributed by atoms with Crippen molar-refractivity contribution in [3.63, 3.8) is 0 Å². The standard InChI is InChI=1S/C25H33F2N7O/c26-22(27)18-13-20(35)31-23-21(18)25(29-15-28-23)33-9-5-17(6-10-33)24-30-19(16-3-4-16)14-34(24)12-11-32-7-1-2-8-32/h14-18,22H,1-13H2,(H,28,29,31,35)/t18-/m1/s1. The summed E-state index contributed by atoms with van der Waals surface area (Å²) in [6.45, 7) is 5.87. The number of hydrogen-bond donors (Lipinski definition) is 1. The number of halogens is 2. The van der Waals surface area contributed by atoms with Crippen LogP contribution in [0.25, 0.3) is 0 Å². The third-order valence-corrected chi connectivity index (χ3v) is 8.04. The van der Waals surface area contributed by atoms with Crippen molar-refractivity contribution in [1.29, 1.82) is 0 Å². The predicted octanol–water partition coefficient (Wildman–Crippen LogP) is 3.72. The number of alkyl halides is 2. The number of carbonyl (C=O) groups excluding carboxylic acids is 1. The molecule has 1 atom stereocenters. The fourth-order valence-corrected chi connectivity index (χ4v) is 5.92. The molecule has 10 heteroatoms. The zero-order chi connectivity index (χ0) is 23.9. The van der Waals surface area contributed by atoms with Crippen LogP contribution in [-0.2, 0) is 11.3 Å². The van der Waals surface area contributed by atoms with E-state index in [1.54, 1.807) is 0 Å². The Labute approximate surface area is 204 Å². The summed E-state index contributed by atoms with van der Waals surface area (Å²) >= 11 is 0. The first-order chi connectivity index (χ1) is 17.1. The molecule has 3 aliphatic heterocycles. The summed E-state index contributed by atoms with van der Waals surface area (Å²) in [4.78, 5) is 30.1. The number of nitrogens with zero attached hydrogens (tertiary/aromatic N) is 6. The molecule has 0 spiro atoms. The Bertz CT molecular complexity index is 1070. The number of piperidine rings is 1. The lowest BCUT2D eigenvalue weighted by molar-refractivity contribution is -0.117. The van der Waals surface area contributed by atoms with Crippen molar-refractivity contribution in [2.24, 2.45) is 0 Å². The quantitative estimate of drug-likeness (QED) is 0.644. The van der Waals surface area contributed by atoms with Gasteiger partial charge in [-0.05, 0) is 51.6 Å². The first-order valence-electron chi connectivity index (χ1n) is 13.0. The van der Waals surface area contributed by atoms with Crippen LogP contribution in [0.2, 0.25) is 0 Å². The molecule has 2 aromatic rings. The molecule has 1 saturated carbocycles. The van der Waals surface area contributed by atoms with Crippen molar-refractivity contribution in [3.05, 3.63) is 29.6 Å². The van der Waals surface area contributed by atoms with Gasteiger partial charge in [0.15, 0.2) is 0 Å². The zero-order valence-electron chi connectivity index (χ0n) is 20.0. The topological polar surface area (TPSA) is 79.2 Å². The minimum absolute atomic E-state index is 0.227. The normalized spacial score (nSPS) is 23.7. The van der Waals surface area contributed by atoms with E-state index in [2.05, 4.69) is 35.8 Å². The van der Waals surface area contributed by atoms with Gasteiger partial charge in [-0.3, -0.25) is 4.79 Å². The summed E-state index contributed by atoms with van der Waals surface area (Å²) in [5.41, 5.74) is 1.62. The van der Waals surface area contributed by atoms with Crippen LogP contribution in [0.1, 0.15) is 79.8 Å². The highest BCUT2D eigenvalue weighted by atomic mass is 19.3. The Morgan fingerprint density at radius 1 is 1.00 bits per heavy atom. The Morgan fingerprint density at radius 2 is 1.77 bits per heavy atom. The van der Waals surface area contributed by atoms with Gasteiger partial charge in [-0.25, -0.2) is 23.7 Å². The van der Waals surface area contributed by atoms with Crippen molar-refractivity contribution in [2.45, 2.75) is 75.7 Å². The number of fused-ring (bicyclic) bond motifs is 1. The number of anilines is 2. The Balaban J connectivity index is 1.19. The van der Waals surface area contributed by atoms with Gasteiger partial charge >= 0.3 is 0 Å². The van der Waals surface area contributed by atoms with E-state index in [1.807, 2.05) is 0 Å². The number of likely N-dealkylation sites (tertiary alicyclic amines) is 1. The maximum atomic E-state index is 13.8. The molecule has 1 aliphatic carbocycles. The van der Waals surface area contributed by atoms with Crippen molar-refractivity contribution in [3.8, 4) is 0 Å². The molecule has 5 heterocycles. The van der Waals surface area contributed by atoms with Gasteiger partial charge in [0, 0.05) is 56.2 Å². The second kappa shape index (κ2) is 9.44. The van der Waals surface area contributed by atoms with Crippen molar-refractivity contribution < 1.29 is 13.6 Å². The molecule has 3 fully saturated rings.